The monoisotopic (exact) mass is 351 g/mol. The fourth-order valence-electron chi connectivity index (χ4n) is 2.21. The van der Waals surface area contributed by atoms with Crippen LogP contribution >= 0.6 is 15.9 Å². The number of nitrogens with zero attached hydrogens (tertiary/aromatic N) is 1. The molecule has 0 spiro atoms. The Balaban J connectivity index is 2.01. The Morgan fingerprint density at radius 1 is 1.33 bits per heavy atom. The maximum atomic E-state index is 11.2. The largest absolute Gasteiger partial charge is 0.478 e. The molecular weight excluding hydrogens is 334 g/mol. The van der Waals surface area contributed by atoms with Crippen molar-refractivity contribution >= 4 is 21.9 Å². The summed E-state index contributed by atoms with van der Waals surface area (Å²) in [6, 6.07) is 11.1. The van der Waals surface area contributed by atoms with E-state index in [0.29, 0.717) is 16.7 Å². The van der Waals surface area contributed by atoms with Gasteiger partial charge in [0, 0.05) is 6.54 Å². The van der Waals surface area contributed by atoms with Crippen molar-refractivity contribution in [2.24, 2.45) is 0 Å². The van der Waals surface area contributed by atoms with Gasteiger partial charge in [0.1, 0.15) is 5.76 Å². The highest BCUT2D eigenvalue weighted by molar-refractivity contribution is 9.10. The molecule has 1 N–H and O–H groups in total. The number of rotatable bonds is 6. The molecule has 0 saturated heterocycles. The molecule has 1 atom stereocenters. The maximum Gasteiger partial charge on any atom is 0.335 e. The van der Waals surface area contributed by atoms with Crippen LogP contribution in [-0.4, -0.2) is 29.6 Å². The number of furan rings is 1. The third-order valence-corrected chi connectivity index (χ3v) is 4.07. The van der Waals surface area contributed by atoms with Crippen LogP contribution in [0.3, 0.4) is 0 Å². The minimum absolute atomic E-state index is 0.133. The van der Waals surface area contributed by atoms with E-state index >= 15 is 0 Å². The summed E-state index contributed by atoms with van der Waals surface area (Å²) < 4.78 is 6.28. The Kier molecular flexibility index (Phi) is 5.20. The summed E-state index contributed by atoms with van der Waals surface area (Å²) in [6.07, 6.45) is 0.686. The van der Waals surface area contributed by atoms with E-state index in [4.69, 9.17) is 4.42 Å². The fourth-order valence-corrected chi connectivity index (χ4v) is 2.53. The number of likely N-dealkylation sites (N-methyl/N-ethyl adjacent to an activating group) is 1. The molecule has 4 nitrogen and oxygen atoms in total. The van der Waals surface area contributed by atoms with Crippen molar-refractivity contribution in [3.63, 3.8) is 0 Å². The quantitative estimate of drug-likeness (QED) is 0.855. The Morgan fingerprint density at radius 3 is 2.67 bits per heavy atom. The Bertz CT molecular complexity index is 623. The van der Waals surface area contributed by atoms with Gasteiger partial charge in [0.25, 0.3) is 0 Å². The fraction of sp³-hybridized carbons (Fsp3) is 0.312. The van der Waals surface area contributed by atoms with Gasteiger partial charge in [0.05, 0.1) is 11.6 Å². The Morgan fingerprint density at radius 2 is 2.05 bits per heavy atom. The van der Waals surface area contributed by atoms with E-state index in [1.54, 1.807) is 12.1 Å². The second-order valence-corrected chi connectivity index (χ2v) is 5.79. The molecule has 2 aromatic rings. The van der Waals surface area contributed by atoms with Gasteiger partial charge in [0.2, 0.25) is 0 Å². The third-order valence-electron chi connectivity index (χ3n) is 3.65. The summed E-state index contributed by atoms with van der Waals surface area (Å²) in [7, 11) is 2.00. The lowest BCUT2D eigenvalue weighted by molar-refractivity contribution is 0.0695. The predicted octanol–water partition coefficient (Wildman–Crippen LogP) is 3.98. The molecule has 0 aliphatic carbocycles. The lowest BCUT2D eigenvalue weighted by Gasteiger charge is -2.23. The van der Waals surface area contributed by atoms with Crippen molar-refractivity contribution in [2.45, 2.75) is 19.4 Å². The molecule has 1 aromatic carbocycles. The van der Waals surface area contributed by atoms with Gasteiger partial charge in [-0.1, -0.05) is 18.2 Å². The summed E-state index contributed by atoms with van der Waals surface area (Å²) in [4.78, 5) is 13.3. The third kappa shape index (κ3) is 3.95. The highest BCUT2D eigenvalue weighted by Crippen LogP contribution is 2.24. The summed E-state index contributed by atoms with van der Waals surface area (Å²) in [5.74, 6) is 0.00663. The molecule has 0 fully saturated rings. The molecule has 0 aliphatic heterocycles. The van der Waals surface area contributed by atoms with Crippen LogP contribution < -0.4 is 0 Å². The highest BCUT2D eigenvalue weighted by atomic mass is 79.9. The summed E-state index contributed by atoms with van der Waals surface area (Å²) in [5.41, 5.74) is 1.23. The van der Waals surface area contributed by atoms with Gasteiger partial charge in [-0.05, 0) is 60.1 Å². The summed E-state index contributed by atoms with van der Waals surface area (Å²) in [5, 5.41) is 9.19. The first-order valence-corrected chi connectivity index (χ1v) is 7.55. The van der Waals surface area contributed by atoms with Crippen LogP contribution in [-0.2, 0) is 6.42 Å². The Labute approximate surface area is 132 Å². The van der Waals surface area contributed by atoms with Crippen LogP contribution in [0.5, 0.6) is 0 Å². The predicted molar refractivity (Wildman–Crippen MR) is 84.6 cm³/mol. The maximum absolute atomic E-state index is 11.2. The zero-order valence-electron chi connectivity index (χ0n) is 12.0. The number of benzene rings is 1. The van der Waals surface area contributed by atoms with E-state index in [-0.39, 0.29) is 6.04 Å². The lowest BCUT2D eigenvalue weighted by atomic mass is 10.0. The summed E-state index contributed by atoms with van der Waals surface area (Å²) in [6.45, 7) is 2.82. The van der Waals surface area contributed by atoms with Crippen molar-refractivity contribution in [1.29, 1.82) is 0 Å². The molecule has 5 heteroatoms. The minimum atomic E-state index is -0.878. The number of hydrogen-bond donors (Lipinski definition) is 1. The molecule has 2 rings (SSSR count). The normalized spacial score (nSPS) is 12.6. The lowest BCUT2D eigenvalue weighted by Crippen LogP contribution is -2.25. The van der Waals surface area contributed by atoms with Gasteiger partial charge in [-0.2, -0.15) is 0 Å². The first-order chi connectivity index (χ1) is 9.99. The van der Waals surface area contributed by atoms with E-state index in [2.05, 4.69) is 27.8 Å². The van der Waals surface area contributed by atoms with Crippen LogP contribution in [0, 0.1) is 0 Å². The number of carbonyl (C=O) groups is 1. The topological polar surface area (TPSA) is 53.7 Å². The molecule has 1 heterocycles. The van der Waals surface area contributed by atoms with Crippen molar-refractivity contribution in [1.82, 2.24) is 4.90 Å². The van der Waals surface area contributed by atoms with Crippen LogP contribution in [0.1, 0.15) is 34.6 Å². The standard InChI is InChI=1S/C16H18BrNO3/c1-11(14-7-8-15(17)21-14)18(2)10-9-12-5-3-4-6-13(12)16(19)20/h3-8,11H,9-10H2,1-2H3,(H,19,20). The first kappa shape index (κ1) is 15.8. The second kappa shape index (κ2) is 6.91. The highest BCUT2D eigenvalue weighted by Gasteiger charge is 2.16. The number of hydrogen-bond acceptors (Lipinski definition) is 3. The summed E-state index contributed by atoms with van der Waals surface area (Å²) >= 11 is 3.30. The minimum Gasteiger partial charge on any atom is -0.478 e. The molecule has 1 unspecified atom stereocenters. The van der Waals surface area contributed by atoms with Crippen LogP contribution in [0.25, 0.3) is 0 Å². The zero-order valence-corrected chi connectivity index (χ0v) is 13.6. The number of aromatic carboxylic acids is 1. The van der Waals surface area contributed by atoms with Gasteiger partial charge in [-0.15, -0.1) is 0 Å². The molecule has 1 aromatic heterocycles. The van der Waals surface area contributed by atoms with Crippen molar-refractivity contribution in [3.8, 4) is 0 Å². The smallest absolute Gasteiger partial charge is 0.335 e. The Hall–Kier alpha value is -1.59. The number of halogens is 1. The van der Waals surface area contributed by atoms with E-state index in [0.717, 1.165) is 17.9 Å². The van der Waals surface area contributed by atoms with Crippen molar-refractivity contribution in [3.05, 3.63) is 58.0 Å². The number of carboxylic acids is 1. The second-order valence-electron chi connectivity index (χ2n) is 5.01. The van der Waals surface area contributed by atoms with Crippen molar-refractivity contribution < 1.29 is 14.3 Å². The molecule has 0 saturated carbocycles. The van der Waals surface area contributed by atoms with E-state index in [1.807, 2.05) is 31.3 Å². The van der Waals surface area contributed by atoms with Crippen molar-refractivity contribution in [2.75, 3.05) is 13.6 Å². The van der Waals surface area contributed by atoms with E-state index < -0.39 is 5.97 Å². The van der Waals surface area contributed by atoms with Gasteiger partial charge in [-0.3, -0.25) is 4.90 Å². The zero-order chi connectivity index (χ0) is 15.4. The molecular formula is C16H18BrNO3. The van der Waals surface area contributed by atoms with Gasteiger partial charge in [-0.25, -0.2) is 4.79 Å². The van der Waals surface area contributed by atoms with E-state index in [9.17, 15) is 9.90 Å². The van der Waals surface area contributed by atoms with E-state index in [1.165, 1.54) is 0 Å². The first-order valence-electron chi connectivity index (χ1n) is 6.75. The molecule has 0 aliphatic rings. The van der Waals surface area contributed by atoms with Crippen LogP contribution in [0.2, 0.25) is 0 Å². The van der Waals surface area contributed by atoms with Gasteiger partial charge >= 0.3 is 5.97 Å². The average molecular weight is 352 g/mol. The number of carboxylic acid groups (broad SMARTS) is 1. The molecule has 112 valence electrons. The van der Waals surface area contributed by atoms with Crippen LogP contribution in [0.15, 0.2) is 45.5 Å². The SMILES string of the molecule is CC(c1ccc(Br)o1)N(C)CCc1ccccc1C(=O)O. The molecule has 0 bridgehead atoms. The van der Waals surface area contributed by atoms with Crippen LogP contribution in [0.4, 0.5) is 0 Å². The molecule has 0 amide bonds. The molecule has 0 radical (unpaired) electrons. The average Bonchev–Trinajstić information content (AvgIpc) is 2.90. The molecule has 21 heavy (non-hydrogen) atoms. The van der Waals surface area contributed by atoms with Gasteiger partial charge < -0.3 is 9.52 Å². The van der Waals surface area contributed by atoms with Gasteiger partial charge in [0.15, 0.2) is 4.67 Å².